The van der Waals surface area contributed by atoms with Crippen LogP contribution in [0.1, 0.15) is 37.4 Å². The molecule has 0 aromatic heterocycles. The molecule has 0 heterocycles. The Morgan fingerprint density at radius 2 is 1.67 bits per heavy atom. The summed E-state index contributed by atoms with van der Waals surface area (Å²) in [5.41, 5.74) is 1.86. The summed E-state index contributed by atoms with van der Waals surface area (Å²) in [5.74, 6) is -0.482. The highest BCUT2D eigenvalue weighted by Crippen LogP contribution is 2.40. The summed E-state index contributed by atoms with van der Waals surface area (Å²) in [6.07, 6.45) is 1.54. The van der Waals surface area contributed by atoms with E-state index in [1.165, 1.54) is 30.1 Å². The molecule has 1 N–H and O–H groups in total. The van der Waals surface area contributed by atoms with Crippen molar-refractivity contribution in [1.29, 1.82) is 0 Å². The van der Waals surface area contributed by atoms with Gasteiger partial charge < -0.3 is 4.31 Å². The second-order valence-corrected chi connectivity index (χ2v) is 9.91. The van der Waals surface area contributed by atoms with Crippen LogP contribution in [0.15, 0.2) is 65.6 Å². The fourth-order valence-electron chi connectivity index (χ4n) is 3.43. The summed E-state index contributed by atoms with van der Waals surface area (Å²) in [4.78, 5) is 0.820. The van der Waals surface area contributed by atoms with Gasteiger partial charge in [-0.25, -0.2) is 13.2 Å². The standard InChI is InChI=1S/C25H26ClF3N2S2/c1-3-30-32-14-4-5-18-15-20(27)8-12-23(18)17(2)31(25-16-21(28)9-13-24(25)29)33-22-10-6-19(26)7-11-22/h6-13,15-17,30H,3-5,14H2,1-2H3. The third-order valence-corrected chi connectivity index (χ3v) is 7.44. The Labute approximate surface area is 207 Å². The van der Waals surface area contributed by atoms with Gasteiger partial charge in [-0.1, -0.05) is 36.5 Å². The Morgan fingerprint density at radius 3 is 2.39 bits per heavy atom. The normalized spacial score (nSPS) is 12.1. The van der Waals surface area contributed by atoms with Gasteiger partial charge in [0.15, 0.2) is 0 Å². The van der Waals surface area contributed by atoms with Crippen LogP contribution in [0.4, 0.5) is 18.9 Å². The first kappa shape index (κ1) is 25.8. The van der Waals surface area contributed by atoms with Gasteiger partial charge in [0.25, 0.3) is 0 Å². The van der Waals surface area contributed by atoms with Gasteiger partial charge in [0.2, 0.25) is 0 Å². The first-order chi connectivity index (χ1) is 15.9. The molecule has 1 unspecified atom stereocenters. The van der Waals surface area contributed by atoms with E-state index in [-0.39, 0.29) is 17.5 Å². The predicted molar refractivity (Wildman–Crippen MR) is 135 cm³/mol. The van der Waals surface area contributed by atoms with Gasteiger partial charge in [-0.2, -0.15) is 0 Å². The lowest BCUT2D eigenvalue weighted by Gasteiger charge is -2.32. The molecule has 176 valence electrons. The molecule has 3 aromatic rings. The zero-order chi connectivity index (χ0) is 23.8. The van der Waals surface area contributed by atoms with Gasteiger partial charge in [-0.3, -0.25) is 4.72 Å². The lowest BCUT2D eigenvalue weighted by molar-refractivity contribution is 0.595. The molecular formula is C25H26ClF3N2S2. The van der Waals surface area contributed by atoms with Crippen molar-refractivity contribution in [3.05, 3.63) is 94.3 Å². The number of hydrogen-bond acceptors (Lipinski definition) is 4. The smallest absolute Gasteiger partial charge is 0.147 e. The summed E-state index contributed by atoms with van der Waals surface area (Å²) < 4.78 is 48.0. The van der Waals surface area contributed by atoms with Gasteiger partial charge in [-0.15, -0.1) is 0 Å². The molecule has 8 heteroatoms. The Bertz CT molecular complexity index is 1050. The van der Waals surface area contributed by atoms with Crippen LogP contribution in [0.25, 0.3) is 0 Å². The third kappa shape index (κ3) is 7.34. The number of nitrogens with one attached hydrogen (secondary N) is 1. The molecule has 2 nitrogen and oxygen atoms in total. The number of benzene rings is 3. The number of anilines is 1. The van der Waals surface area contributed by atoms with Crippen molar-refractivity contribution in [2.24, 2.45) is 0 Å². The van der Waals surface area contributed by atoms with E-state index < -0.39 is 11.6 Å². The van der Waals surface area contributed by atoms with Crippen molar-refractivity contribution >= 4 is 41.2 Å². The van der Waals surface area contributed by atoms with Gasteiger partial charge >= 0.3 is 0 Å². The van der Waals surface area contributed by atoms with E-state index in [0.29, 0.717) is 11.4 Å². The fraction of sp³-hybridized carbons (Fsp3) is 0.280. The SMILES string of the molecule is CCNSCCCc1cc(F)ccc1C(C)N(Sc1ccc(Cl)cc1)c1cc(F)ccc1F. The fourth-order valence-corrected chi connectivity index (χ4v) is 5.19. The molecule has 0 radical (unpaired) electrons. The van der Waals surface area contributed by atoms with Crippen molar-refractivity contribution in [1.82, 2.24) is 4.72 Å². The van der Waals surface area contributed by atoms with E-state index in [4.69, 9.17) is 11.6 Å². The summed E-state index contributed by atoms with van der Waals surface area (Å²) in [5, 5.41) is 0.590. The second-order valence-electron chi connectivity index (χ2n) is 7.44. The molecule has 0 fully saturated rings. The molecule has 0 aliphatic carbocycles. The van der Waals surface area contributed by atoms with Gasteiger partial charge in [0.1, 0.15) is 17.5 Å². The topological polar surface area (TPSA) is 15.3 Å². The largest absolute Gasteiger partial charge is 0.302 e. The van der Waals surface area contributed by atoms with Gasteiger partial charge in [-0.05, 0) is 91.4 Å². The highest BCUT2D eigenvalue weighted by atomic mass is 35.5. The number of nitrogens with zero attached hydrogens (tertiary/aromatic N) is 1. The molecule has 3 aromatic carbocycles. The predicted octanol–water partition coefficient (Wildman–Crippen LogP) is 8.22. The van der Waals surface area contributed by atoms with E-state index in [1.807, 2.05) is 26.0 Å². The molecular weight excluding hydrogens is 485 g/mol. The maximum absolute atomic E-state index is 14.8. The molecule has 3 rings (SSSR count). The van der Waals surface area contributed by atoms with Crippen LogP contribution in [0, 0.1) is 17.5 Å². The highest BCUT2D eigenvalue weighted by molar-refractivity contribution is 8.00. The zero-order valence-corrected chi connectivity index (χ0v) is 20.8. The number of halogens is 4. The molecule has 33 heavy (non-hydrogen) atoms. The first-order valence-corrected chi connectivity index (χ1v) is 12.8. The van der Waals surface area contributed by atoms with Crippen molar-refractivity contribution in [3.8, 4) is 0 Å². The maximum atomic E-state index is 14.8. The number of rotatable bonds is 11. The first-order valence-electron chi connectivity index (χ1n) is 10.7. The molecule has 0 bridgehead atoms. The second kappa shape index (κ2) is 12.6. The Hall–Kier alpha value is -1.80. The maximum Gasteiger partial charge on any atom is 0.147 e. The third-order valence-electron chi connectivity index (χ3n) is 5.01. The molecule has 0 spiro atoms. The van der Waals surface area contributed by atoms with Crippen molar-refractivity contribution in [3.63, 3.8) is 0 Å². The zero-order valence-electron chi connectivity index (χ0n) is 18.5. The van der Waals surface area contributed by atoms with Crippen LogP contribution in [0.2, 0.25) is 5.02 Å². The van der Waals surface area contributed by atoms with Crippen LogP contribution in [-0.4, -0.2) is 12.3 Å². The van der Waals surface area contributed by atoms with Gasteiger partial charge in [0, 0.05) is 28.3 Å². The van der Waals surface area contributed by atoms with E-state index >= 15 is 0 Å². The molecule has 1 atom stereocenters. The molecule has 0 aliphatic heterocycles. The van der Waals surface area contributed by atoms with Crippen LogP contribution in [0.5, 0.6) is 0 Å². The van der Waals surface area contributed by atoms with E-state index in [1.54, 1.807) is 34.5 Å². The van der Waals surface area contributed by atoms with Crippen LogP contribution in [0.3, 0.4) is 0 Å². The van der Waals surface area contributed by atoms with E-state index in [2.05, 4.69) is 4.72 Å². The van der Waals surface area contributed by atoms with Crippen molar-refractivity contribution in [2.75, 3.05) is 16.6 Å². The summed E-state index contributed by atoms with van der Waals surface area (Å²) in [6, 6.07) is 14.9. The summed E-state index contributed by atoms with van der Waals surface area (Å²) in [7, 11) is 0. The average Bonchev–Trinajstić information content (AvgIpc) is 2.80. The van der Waals surface area contributed by atoms with Crippen LogP contribution >= 0.6 is 35.5 Å². The monoisotopic (exact) mass is 510 g/mol. The summed E-state index contributed by atoms with van der Waals surface area (Å²) >= 11 is 8.94. The molecule has 0 aliphatic rings. The van der Waals surface area contributed by atoms with E-state index in [0.717, 1.165) is 46.9 Å². The summed E-state index contributed by atoms with van der Waals surface area (Å²) in [6.45, 7) is 4.83. The minimum atomic E-state index is -0.532. The lowest BCUT2D eigenvalue weighted by atomic mass is 9.97. The van der Waals surface area contributed by atoms with Gasteiger partial charge in [0.05, 0.1) is 11.7 Å². The Balaban J connectivity index is 1.94. The quantitative estimate of drug-likeness (QED) is 0.206. The van der Waals surface area contributed by atoms with Crippen molar-refractivity contribution in [2.45, 2.75) is 37.6 Å². The Kier molecular flexibility index (Phi) is 9.86. The average molecular weight is 511 g/mol. The van der Waals surface area contributed by atoms with Crippen LogP contribution < -0.4 is 9.03 Å². The van der Waals surface area contributed by atoms with E-state index in [9.17, 15) is 13.2 Å². The minimum Gasteiger partial charge on any atom is -0.302 e. The number of hydrogen-bond donors (Lipinski definition) is 1. The lowest BCUT2D eigenvalue weighted by Crippen LogP contribution is -2.22. The van der Waals surface area contributed by atoms with Crippen molar-refractivity contribution < 1.29 is 13.2 Å². The minimum absolute atomic E-state index is 0.125. The highest BCUT2D eigenvalue weighted by Gasteiger charge is 2.24. The molecule has 0 amide bonds. The number of aryl methyl sites for hydroxylation is 1. The van der Waals surface area contributed by atoms with Crippen LogP contribution in [-0.2, 0) is 6.42 Å². The molecule has 0 saturated heterocycles. The Morgan fingerprint density at radius 1 is 0.970 bits per heavy atom. The molecule has 0 saturated carbocycles.